The lowest BCUT2D eigenvalue weighted by Gasteiger charge is -2.36. The molecule has 2 aliphatic rings. The highest BCUT2D eigenvalue weighted by molar-refractivity contribution is 5.87. The maximum atomic E-state index is 13.0. The van der Waals surface area contributed by atoms with Gasteiger partial charge in [-0.2, -0.15) is 0 Å². The molecule has 3 rings (SSSR count). The summed E-state index contributed by atoms with van der Waals surface area (Å²) in [6.45, 7) is 8.25. The molecule has 0 aliphatic carbocycles. The van der Waals surface area contributed by atoms with Crippen LogP contribution in [-0.2, 0) is 20.9 Å². The second-order valence-corrected chi connectivity index (χ2v) is 8.45. The van der Waals surface area contributed by atoms with Gasteiger partial charge in [0, 0.05) is 45.7 Å². The van der Waals surface area contributed by atoms with E-state index in [4.69, 9.17) is 5.73 Å². The smallest absolute Gasteiger partial charge is 0.242 e. The van der Waals surface area contributed by atoms with Gasteiger partial charge < -0.3 is 20.4 Å². The Morgan fingerprint density at radius 2 is 1.83 bits per heavy atom. The second-order valence-electron chi connectivity index (χ2n) is 8.45. The standard InChI is InChI=1S/C22H32N4O3/c1-15-4-5-18(10-16(15)2)11-24-8-9-25(14-21(24)28)22(29)19-6-7-20(23)13-26(12-19)17(3)27/h4-5,10,19-20H,6-9,11-14,23H2,1-3H3/t19-,20+/m1/s1. The Morgan fingerprint density at radius 3 is 2.48 bits per heavy atom. The summed E-state index contributed by atoms with van der Waals surface area (Å²) in [5.74, 6) is -0.415. The molecule has 2 aliphatic heterocycles. The number of piperazine rings is 1. The first-order valence-corrected chi connectivity index (χ1v) is 10.4. The molecule has 1 aromatic rings. The number of hydrogen-bond acceptors (Lipinski definition) is 4. The third kappa shape index (κ3) is 5.15. The number of likely N-dealkylation sites (tertiary alicyclic amines) is 1. The zero-order valence-corrected chi connectivity index (χ0v) is 17.7. The van der Waals surface area contributed by atoms with Crippen LogP contribution in [0.3, 0.4) is 0 Å². The summed E-state index contributed by atoms with van der Waals surface area (Å²) in [5.41, 5.74) is 9.61. The maximum absolute atomic E-state index is 13.0. The summed E-state index contributed by atoms with van der Waals surface area (Å²) in [7, 11) is 0. The molecule has 2 N–H and O–H groups in total. The van der Waals surface area contributed by atoms with Crippen molar-refractivity contribution in [3.63, 3.8) is 0 Å². The number of aryl methyl sites for hydroxylation is 2. The van der Waals surface area contributed by atoms with Gasteiger partial charge in [0.2, 0.25) is 17.7 Å². The third-order valence-corrected chi connectivity index (χ3v) is 6.15. The summed E-state index contributed by atoms with van der Waals surface area (Å²) in [6, 6.07) is 6.14. The molecule has 2 saturated heterocycles. The largest absolute Gasteiger partial charge is 0.341 e. The van der Waals surface area contributed by atoms with Crippen LogP contribution in [0.5, 0.6) is 0 Å². The van der Waals surface area contributed by atoms with Crippen LogP contribution in [0.15, 0.2) is 18.2 Å². The molecular weight excluding hydrogens is 368 g/mol. The van der Waals surface area contributed by atoms with Crippen LogP contribution in [0.4, 0.5) is 0 Å². The molecule has 2 atom stereocenters. The van der Waals surface area contributed by atoms with E-state index in [0.29, 0.717) is 45.6 Å². The number of rotatable bonds is 3. The topological polar surface area (TPSA) is 86.9 Å². The minimum absolute atomic E-state index is 0.0309. The highest BCUT2D eigenvalue weighted by Crippen LogP contribution is 2.21. The lowest BCUT2D eigenvalue weighted by atomic mass is 10.00. The second kappa shape index (κ2) is 8.95. The van der Waals surface area contributed by atoms with Crippen LogP contribution >= 0.6 is 0 Å². The molecule has 0 saturated carbocycles. The predicted octanol–water partition coefficient (Wildman–Crippen LogP) is 1.06. The monoisotopic (exact) mass is 400 g/mol. The van der Waals surface area contributed by atoms with E-state index in [1.807, 2.05) is 4.90 Å². The Labute approximate surface area is 172 Å². The fourth-order valence-corrected chi connectivity index (χ4v) is 4.12. The number of carbonyl (C=O) groups excluding carboxylic acids is 3. The van der Waals surface area contributed by atoms with E-state index in [1.54, 1.807) is 9.80 Å². The molecule has 0 aromatic heterocycles. The van der Waals surface area contributed by atoms with Gasteiger partial charge in [-0.15, -0.1) is 0 Å². The van der Waals surface area contributed by atoms with Crippen molar-refractivity contribution in [3.05, 3.63) is 34.9 Å². The van der Waals surface area contributed by atoms with Crippen molar-refractivity contribution >= 4 is 17.7 Å². The summed E-state index contributed by atoms with van der Waals surface area (Å²) >= 11 is 0. The third-order valence-electron chi connectivity index (χ3n) is 6.15. The molecule has 0 spiro atoms. The van der Waals surface area contributed by atoms with Gasteiger partial charge in [-0.25, -0.2) is 0 Å². The number of hydrogen-bond donors (Lipinski definition) is 1. The molecule has 2 heterocycles. The molecule has 7 heteroatoms. The van der Waals surface area contributed by atoms with Crippen LogP contribution < -0.4 is 5.73 Å². The average Bonchev–Trinajstić information content (AvgIpc) is 2.87. The molecule has 158 valence electrons. The lowest BCUT2D eigenvalue weighted by molar-refractivity contribution is -0.148. The number of nitrogens with two attached hydrogens (primary N) is 1. The number of nitrogens with zero attached hydrogens (tertiary/aromatic N) is 3. The van der Waals surface area contributed by atoms with E-state index in [-0.39, 0.29) is 36.2 Å². The lowest BCUT2D eigenvalue weighted by Crippen LogP contribution is -2.54. The van der Waals surface area contributed by atoms with Crippen molar-refractivity contribution < 1.29 is 14.4 Å². The van der Waals surface area contributed by atoms with Crippen molar-refractivity contribution in [2.75, 3.05) is 32.7 Å². The minimum Gasteiger partial charge on any atom is -0.341 e. The van der Waals surface area contributed by atoms with Crippen molar-refractivity contribution in [3.8, 4) is 0 Å². The first-order chi connectivity index (χ1) is 13.7. The number of amides is 3. The Bertz CT molecular complexity index is 794. The van der Waals surface area contributed by atoms with Crippen LogP contribution in [0.25, 0.3) is 0 Å². The quantitative estimate of drug-likeness (QED) is 0.822. The van der Waals surface area contributed by atoms with Crippen LogP contribution in [-0.4, -0.2) is 71.2 Å². The van der Waals surface area contributed by atoms with Gasteiger partial charge in [-0.1, -0.05) is 18.2 Å². The van der Waals surface area contributed by atoms with Gasteiger partial charge in [0.05, 0.1) is 12.5 Å². The van der Waals surface area contributed by atoms with Crippen molar-refractivity contribution in [2.45, 2.75) is 46.2 Å². The van der Waals surface area contributed by atoms with E-state index < -0.39 is 0 Å². The van der Waals surface area contributed by atoms with Gasteiger partial charge in [0.15, 0.2) is 0 Å². The van der Waals surface area contributed by atoms with Gasteiger partial charge in [0.25, 0.3) is 0 Å². The molecule has 3 amide bonds. The first kappa shape index (κ1) is 21.3. The molecule has 0 bridgehead atoms. The molecular formula is C22H32N4O3. The van der Waals surface area contributed by atoms with Crippen molar-refractivity contribution in [1.29, 1.82) is 0 Å². The molecule has 29 heavy (non-hydrogen) atoms. The normalized spacial score (nSPS) is 23.2. The van der Waals surface area contributed by atoms with Gasteiger partial charge in [-0.05, 0) is 43.4 Å². The molecule has 2 fully saturated rings. The summed E-state index contributed by atoms with van der Waals surface area (Å²) < 4.78 is 0. The Morgan fingerprint density at radius 1 is 1.07 bits per heavy atom. The van der Waals surface area contributed by atoms with Crippen LogP contribution in [0, 0.1) is 19.8 Å². The Hall–Kier alpha value is -2.41. The Balaban J connectivity index is 1.60. The number of benzene rings is 1. The van der Waals surface area contributed by atoms with Gasteiger partial charge >= 0.3 is 0 Å². The highest BCUT2D eigenvalue weighted by Gasteiger charge is 2.34. The zero-order chi connectivity index (χ0) is 21.1. The van der Waals surface area contributed by atoms with Crippen molar-refractivity contribution in [1.82, 2.24) is 14.7 Å². The summed E-state index contributed by atoms with van der Waals surface area (Å²) in [4.78, 5) is 42.7. The number of carbonyl (C=O) groups is 3. The maximum Gasteiger partial charge on any atom is 0.242 e. The average molecular weight is 401 g/mol. The summed E-state index contributed by atoms with van der Waals surface area (Å²) in [6.07, 6.45) is 1.36. The highest BCUT2D eigenvalue weighted by atomic mass is 16.2. The van der Waals surface area contributed by atoms with Gasteiger partial charge in [-0.3, -0.25) is 14.4 Å². The fraction of sp³-hybridized carbons (Fsp3) is 0.591. The minimum atomic E-state index is -0.286. The zero-order valence-electron chi connectivity index (χ0n) is 17.7. The van der Waals surface area contributed by atoms with E-state index in [1.165, 1.54) is 18.1 Å². The van der Waals surface area contributed by atoms with Gasteiger partial charge in [0.1, 0.15) is 0 Å². The molecule has 0 unspecified atom stereocenters. The molecule has 1 aromatic carbocycles. The van der Waals surface area contributed by atoms with Crippen molar-refractivity contribution in [2.24, 2.45) is 11.7 Å². The SMILES string of the molecule is CC(=O)N1C[C@@H](N)CC[C@@H](C(=O)N2CCN(Cc3ccc(C)c(C)c3)C(=O)C2)C1. The fourth-order valence-electron chi connectivity index (χ4n) is 4.12. The molecule has 7 nitrogen and oxygen atoms in total. The van der Waals surface area contributed by atoms with E-state index >= 15 is 0 Å². The van der Waals surface area contributed by atoms with E-state index in [9.17, 15) is 14.4 Å². The van der Waals surface area contributed by atoms with Crippen LogP contribution in [0.1, 0.15) is 36.5 Å². The van der Waals surface area contributed by atoms with E-state index in [2.05, 4.69) is 32.0 Å². The van der Waals surface area contributed by atoms with E-state index in [0.717, 1.165) is 5.56 Å². The summed E-state index contributed by atoms with van der Waals surface area (Å²) in [5, 5.41) is 0. The first-order valence-electron chi connectivity index (χ1n) is 10.4. The van der Waals surface area contributed by atoms with Crippen LogP contribution in [0.2, 0.25) is 0 Å². The Kier molecular flexibility index (Phi) is 6.57. The predicted molar refractivity (Wildman–Crippen MR) is 111 cm³/mol. The molecule has 0 radical (unpaired) electrons.